The Kier molecular flexibility index (Phi) is 4.04. The maximum atomic E-state index is 12.6. The summed E-state index contributed by atoms with van der Waals surface area (Å²) in [5, 5.41) is -0.289. The SMILES string of the molecule is COc1ccc(Oc2cc(C(F)(F)F)cc(Cl)n2)cc1. The van der Waals surface area contributed by atoms with E-state index in [0.29, 0.717) is 11.5 Å². The molecule has 0 aliphatic rings. The summed E-state index contributed by atoms with van der Waals surface area (Å²) in [5.74, 6) is 0.705. The van der Waals surface area contributed by atoms with E-state index >= 15 is 0 Å². The Hall–Kier alpha value is -1.95. The highest BCUT2D eigenvalue weighted by Gasteiger charge is 2.31. The molecule has 0 saturated heterocycles. The Bertz CT molecular complexity index is 600. The summed E-state index contributed by atoms with van der Waals surface area (Å²) in [6, 6.07) is 7.86. The van der Waals surface area contributed by atoms with Crippen molar-refractivity contribution in [3.8, 4) is 17.4 Å². The second-order valence-electron chi connectivity index (χ2n) is 3.79. The molecular formula is C13H9ClF3NO2. The molecule has 0 spiro atoms. The van der Waals surface area contributed by atoms with E-state index in [4.69, 9.17) is 21.1 Å². The van der Waals surface area contributed by atoms with Crippen LogP contribution in [0.3, 0.4) is 0 Å². The molecule has 106 valence electrons. The molecule has 1 aromatic heterocycles. The van der Waals surface area contributed by atoms with Gasteiger partial charge in [0.1, 0.15) is 16.7 Å². The second kappa shape index (κ2) is 5.58. The number of pyridine rings is 1. The fourth-order valence-corrected chi connectivity index (χ4v) is 1.65. The van der Waals surface area contributed by atoms with Crippen LogP contribution in [0.5, 0.6) is 17.4 Å². The van der Waals surface area contributed by atoms with Crippen molar-refractivity contribution in [2.45, 2.75) is 6.18 Å². The summed E-state index contributed by atoms with van der Waals surface area (Å²) >= 11 is 5.56. The van der Waals surface area contributed by atoms with Crippen LogP contribution in [0.15, 0.2) is 36.4 Å². The van der Waals surface area contributed by atoms with E-state index in [2.05, 4.69) is 4.98 Å². The van der Waals surface area contributed by atoms with Crippen molar-refractivity contribution < 1.29 is 22.6 Å². The normalized spacial score (nSPS) is 11.2. The van der Waals surface area contributed by atoms with Gasteiger partial charge in [-0.15, -0.1) is 0 Å². The third-order valence-electron chi connectivity index (χ3n) is 2.38. The van der Waals surface area contributed by atoms with Gasteiger partial charge >= 0.3 is 6.18 Å². The van der Waals surface area contributed by atoms with E-state index in [1.54, 1.807) is 24.3 Å². The van der Waals surface area contributed by atoms with Crippen molar-refractivity contribution in [2.24, 2.45) is 0 Å². The smallest absolute Gasteiger partial charge is 0.416 e. The number of aromatic nitrogens is 1. The summed E-state index contributed by atoms with van der Waals surface area (Å²) in [4.78, 5) is 3.70. The maximum Gasteiger partial charge on any atom is 0.416 e. The zero-order valence-electron chi connectivity index (χ0n) is 10.2. The Balaban J connectivity index is 2.26. The number of methoxy groups -OCH3 is 1. The molecule has 2 aromatic rings. The molecule has 3 nitrogen and oxygen atoms in total. The van der Waals surface area contributed by atoms with Gasteiger partial charge in [0.2, 0.25) is 5.88 Å². The molecule has 0 aliphatic carbocycles. The maximum absolute atomic E-state index is 12.6. The standard InChI is InChI=1S/C13H9ClF3NO2/c1-19-9-2-4-10(5-3-9)20-12-7-8(13(15,16)17)6-11(14)18-12/h2-7H,1H3. The van der Waals surface area contributed by atoms with Crippen LogP contribution >= 0.6 is 11.6 Å². The number of alkyl halides is 3. The van der Waals surface area contributed by atoms with Gasteiger partial charge in [-0.05, 0) is 30.3 Å². The van der Waals surface area contributed by atoms with Crippen molar-refractivity contribution in [2.75, 3.05) is 7.11 Å². The highest BCUT2D eigenvalue weighted by Crippen LogP contribution is 2.33. The van der Waals surface area contributed by atoms with Gasteiger partial charge in [-0.3, -0.25) is 0 Å². The number of rotatable bonds is 3. The molecule has 0 fully saturated rings. The number of benzene rings is 1. The van der Waals surface area contributed by atoms with Crippen molar-refractivity contribution in [3.63, 3.8) is 0 Å². The van der Waals surface area contributed by atoms with E-state index < -0.39 is 11.7 Å². The van der Waals surface area contributed by atoms with Gasteiger partial charge < -0.3 is 9.47 Å². The fraction of sp³-hybridized carbons (Fsp3) is 0.154. The van der Waals surface area contributed by atoms with Gasteiger partial charge in [-0.2, -0.15) is 13.2 Å². The Morgan fingerprint density at radius 2 is 1.65 bits per heavy atom. The first-order valence-electron chi connectivity index (χ1n) is 5.45. The van der Waals surface area contributed by atoms with Crippen LogP contribution in [0.2, 0.25) is 5.15 Å². The summed E-state index contributed by atoms with van der Waals surface area (Å²) in [7, 11) is 1.50. The second-order valence-corrected chi connectivity index (χ2v) is 4.18. The molecule has 2 rings (SSSR count). The highest BCUT2D eigenvalue weighted by atomic mass is 35.5. The molecule has 1 heterocycles. The van der Waals surface area contributed by atoms with Crippen LogP contribution in [-0.4, -0.2) is 12.1 Å². The van der Waals surface area contributed by atoms with Crippen LogP contribution in [0.25, 0.3) is 0 Å². The average molecular weight is 304 g/mol. The third kappa shape index (κ3) is 3.54. The summed E-state index contributed by atoms with van der Waals surface area (Å²) < 4.78 is 48.1. The number of halogens is 4. The minimum atomic E-state index is -4.51. The van der Waals surface area contributed by atoms with Crippen molar-refractivity contribution >= 4 is 11.6 Å². The van der Waals surface area contributed by atoms with E-state index in [1.807, 2.05) is 0 Å². The zero-order chi connectivity index (χ0) is 14.8. The summed E-state index contributed by atoms with van der Waals surface area (Å²) in [5.41, 5.74) is -0.916. The van der Waals surface area contributed by atoms with E-state index in [1.165, 1.54) is 7.11 Å². The quantitative estimate of drug-likeness (QED) is 0.779. The van der Waals surface area contributed by atoms with E-state index in [9.17, 15) is 13.2 Å². The predicted octanol–water partition coefficient (Wildman–Crippen LogP) is 4.55. The lowest BCUT2D eigenvalue weighted by molar-refractivity contribution is -0.137. The lowest BCUT2D eigenvalue weighted by Crippen LogP contribution is -2.05. The minimum Gasteiger partial charge on any atom is -0.497 e. The first-order chi connectivity index (χ1) is 9.38. The molecule has 0 N–H and O–H groups in total. The first-order valence-corrected chi connectivity index (χ1v) is 5.83. The Morgan fingerprint density at radius 1 is 1.05 bits per heavy atom. The molecule has 0 radical (unpaired) electrons. The van der Waals surface area contributed by atoms with E-state index in [0.717, 1.165) is 12.1 Å². The zero-order valence-corrected chi connectivity index (χ0v) is 11.0. The highest BCUT2D eigenvalue weighted by molar-refractivity contribution is 6.29. The molecule has 1 aromatic carbocycles. The van der Waals surface area contributed by atoms with Crippen LogP contribution in [0, 0.1) is 0 Å². The molecule has 0 bridgehead atoms. The molecule has 0 aliphatic heterocycles. The van der Waals surface area contributed by atoms with Gasteiger partial charge in [-0.25, -0.2) is 4.98 Å². The topological polar surface area (TPSA) is 31.4 Å². The van der Waals surface area contributed by atoms with Crippen LogP contribution < -0.4 is 9.47 Å². The van der Waals surface area contributed by atoms with Crippen molar-refractivity contribution in [3.05, 3.63) is 47.1 Å². The number of nitrogens with zero attached hydrogens (tertiary/aromatic N) is 1. The fourth-order valence-electron chi connectivity index (χ4n) is 1.45. The van der Waals surface area contributed by atoms with Gasteiger partial charge in [-0.1, -0.05) is 11.6 Å². The predicted molar refractivity (Wildman–Crippen MR) is 67.3 cm³/mol. The number of hydrogen-bond donors (Lipinski definition) is 0. The van der Waals surface area contributed by atoms with Gasteiger partial charge in [0.05, 0.1) is 12.7 Å². The number of hydrogen-bond acceptors (Lipinski definition) is 3. The number of ether oxygens (including phenoxy) is 2. The molecule has 0 atom stereocenters. The van der Waals surface area contributed by atoms with Crippen LogP contribution in [-0.2, 0) is 6.18 Å². The Labute approximate surface area is 117 Å². The van der Waals surface area contributed by atoms with Crippen molar-refractivity contribution in [1.29, 1.82) is 0 Å². The van der Waals surface area contributed by atoms with Gasteiger partial charge in [0, 0.05) is 6.07 Å². The lowest BCUT2D eigenvalue weighted by atomic mass is 10.2. The minimum absolute atomic E-state index is 0.227. The summed E-state index contributed by atoms with van der Waals surface area (Å²) in [6.45, 7) is 0. The average Bonchev–Trinajstić information content (AvgIpc) is 2.38. The third-order valence-corrected chi connectivity index (χ3v) is 2.57. The van der Waals surface area contributed by atoms with Gasteiger partial charge in [0.15, 0.2) is 0 Å². The Morgan fingerprint density at radius 3 is 2.20 bits per heavy atom. The molecule has 0 amide bonds. The first kappa shape index (κ1) is 14.5. The van der Waals surface area contributed by atoms with Crippen LogP contribution in [0.4, 0.5) is 13.2 Å². The molecule has 20 heavy (non-hydrogen) atoms. The van der Waals surface area contributed by atoms with E-state index in [-0.39, 0.29) is 11.0 Å². The largest absolute Gasteiger partial charge is 0.497 e. The molecule has 0 saturated carbocycles. The van der Waals surface area contributed by atoms with Crippen LogP contribution in [0.1, 0.15) is 5.56 Å². The molecule has 7 heteroatoms. The monoisotopic (exact) mass is 303 g/mol. The molecular weight excluding hydrogens is 295 g/mol. The molecule has 0 unspecified atom stereocenters. The van der Waals surface area contributed by atoms with Crippen molar-refractivity contribution in [1.82, 2.24) is 4.98 Å². The lowest BCUT2D eigenvalue weighted by Gasteiger charge is -2.10. The van der Waals surface area contributed by atoms with Gasteiger partial charge in [0.25, 0.3) is 0 Å². The summed E-state index contributed by atoms with van der Waals surface area (Å²) in [6.07, 6.45) is -4.51.